The zero-order chi connectivity index (χ0) is 25.6. The van der Waals surface area contributed by atoms with Crippen LogP contribution in [-0.4, -0.2) is 40.5 Å². The van der Waals surface area contributed by atoms with E-state index in [1.54, 1.807) is 48.7 Å². The number of methoxy groups -OCH3 is 1. The van der Waals surface area contributed by atoms with Gasteiger partial charge < -0.3 is 15.4 Å². The number of nitrogens with zero attached hydrogens (tertiary/aromatic N) is 3. The molecular formula is C27H25F3N4O2. The summed E-state index contributed by atoms with van der Waals surface area (Å²) < 4.78 is 45.1. The van der Waals surface area contributed by atoms with Crippen LogP contribution in [-0.2, 0) is 17.3 Å². The number of halogens is 3. The smallest absolute Gasteiger partial charge is 0.383 e. The average Bonchev–Trinajstić information content (AvgIpc) is 3.27. The second-order valence-corrected chi connectivity index (χ2v) is 9.13. The van der Waals surface area contributed by atoms with Gasteiger partial charge in [0.25, 0.3) is 5.91 Å². The minimum atomic E-state index is -4.41. The van der Waals surface area contributed by atoms with Crippen LogP contribution in [0.3, 0.4) is 0 Å². The fraction of sp³-hybridized carbons (Fsp3) is 0.296. The molecule has 1 aliphatic carbocycles. The van der Waals surface area contributed by atoms with Crippen molar-refractivity contribution in [3.8, 4) is 0 Å². The zero-order valence-corrected chi connectivity index (χ0v) is 19.8. The fourth-order valence-corrected chi connectivity index (χ4v) is 5.18. The molecule has 2 heterocycles. The van der Waals surface area contributed by atoms with E-state index in [1.807, 2.05) is 6.92 Å². The Morgan fingerprint density at radius 1 is 1.17 bits per heavy atom. The Bertz CT molecular complexity index is 1470. The predicted molar refractivity (Wildman–Crippen MR) is 131 cm³/mol. The monoisotopic (exact) mass is 494 g/mol. The second kappa shape index (κ2) is 9.05. The van der Waals surface area contributed by atoms with Crippen molar-refractivity contribution in [2.45, 2.75) is 38.0 Å². The third-order valence-corrected chi connectivity index (χ3v) is 6.84. The van der Waals surface area contributed by atoms with Crippen molar-refractivity contribution in [3.05, 3.63) is 77.1 Å². The van der Waals surface area contributed by atoms with E-state index < -0.39 is 11.7 Å². The number of alkyl halides is 3. The molecule has 1 aliphatic rings. The number of aryl methyl sites for hydroxylation is 1. The van der Waals surface area contributed by atoms with Gasteiger partial charge in [-0.15, -0.1) is 0 Å². The van der Waals surface area contributed by atoms with Crippen LogP contribution in [0.5, 0.6) is 0 Å². The number of nitrogens with two attached hydrogens (primary N) is 1. The van der Waals surface area contributed by atoms with Crippen LogP contribution in [0, 0.1) is 0 Å². The van der Waals surface area contributed by atoms with E-state index in [0.717, 1.165) is 27.8 Å². The maximum absolute atomic E-state index is 14.0. The third-order valence-electron chi connectivity index (χ3n) is 6.84. The molecule has 0 aliphatic heterocycles. The molecule has 0 saturated heterocycles. The van der Waals surface area contributed by atoms with Gasteiger partial charge in [0.15, 0.2) is 0 Å². The van der Waals surface area contributed by atoms with Crippen LogP contribution in [0.15, 0.2) is 54.9 Å². The molecule has 36 heavy (non-hydrogen) atoms. The van der Waals surface area contributed by atoms with Gasteiger partial charge in [-0.1, -0.05) is 6.07 Å². The first kappa shape index (κ1) is 24.0. The Hall–Kier alpha value is -3.72. The maximum atomic E-state index is 14.0. The summed E-state index contributed by atoms with van der Waals surface area (Å²) in [5, 5.41) is 2.29. The number of amides is 1. The second-order valence-electron chi connectivity index (χ2n) is 9.13. The number of carbonyl (C=O) groups excluding carboxylic acids is 1. The lowest BCUT2D eigenvalue weighted by molar-refractivity contribution is -0.137. The summed E-state index contributed by atoms with van der Waals surface area (Å²) in [6.45, 7) is 2.17. The van der Waals surface area contributed by atoms with Crippen molar-refractivity contribution in [3.63, 3.8) is 0 Å². The highest BCUT2D eigenvalue weighted by Crippen LogP contribution is 2.41. The Balaban J connectivity index is 1.58. The number of hydrogen-bond acceptors (Lipinski definition) is 5. The van der Waals surface area contributed by atoms with E-state index in [1.165, 1.54) is 12.1 Å². The van der Waals surface area contributed by atoms with E-state index in [2.05, 4.69) is 9.97 Å². The molecule has 6 nitrogen and oxygen atoms in total. The van der Waals surface area contributed by atoms with E-state index >= 15 is 0 Å². The normalized spacial score (nSPS) is 16.3. The van der Waals surface area contributed by atoms with Crippen molar-refractivity contribution in [1.29, 1.82) is 0 Å². The molecule has 0 unspecified atom stereocenters. The fourth-order valence-electron chi connectivity index (χ4n) is 5.18. The highest BCUT2D eigenvalue weighted by atomic mass is 19.4. The number of aromatic nitrogens is 2. The van der Waals surface area contributed by atoms with Gasteiger partial charge in [-0.25, -0.2) is 4.98 Å². The highest BCUT2D eigenvalue weighted by molar-refractivity contribution is 6.11. The Morgan fingerprint density at radius 2 is 1.97 bits per heavy atom. The summed E-state index contributed by atoms with van der Waals surface area (Å²) in [4.78, 5) is 24.4. The minimum absolute atomic E-state index is 0.229. The number of fused-ring (bicyclic) bond motifs is 4. The molecule has 0 spiro atoms. The first-order chi connectivity index (χ1) is 17.2. The predicted octanol–water partition coefficient (Wildman–Crippen LogP) is 5.55. The molecule has 9 heteroatoms. The van der Waals surface area contributed by atoms with Crippen LogP contribution in [0.4, 0.5) is 19.0 Å². The largest absolute Gasteiger partial charge is 0.416 e. The topological polar surface area (TPSA) is 81.3 Å². The lowest BCUT2D eigenvalue weighted by Gasteiger charge is -2.35. The molecule has 2 aromatic heterocycles. The first-order valence-corrected chi connectivity index (χ1v) is 11.6. The van der Waals surface area contributed by atoms with Crippen LogP contribution >= 0.6 is 0 Å². The number of benzene rings is 2. The van der Waals surface area contributed by atoms with Crippen LogP contribution in [0.1, 0.15) is 46.4 Å². The van der Waals surface area contributed by atoms with E-state index in [4.69, 9.17) is 10.5 Å². The van der Waals surface area contributed by atoms with Gasteiger partial charge in [-0.2, -0.15) is 13.2 Å². The number of hydrogen-bond donors (Lipinski definition) is 1. The number of carbonyl (C=O) groups is 1. The lowest BCUT2D eigenvalue weighted by Crippen LogP contribution is -2.43. The van der Waals surface area contributed by atoms with Crippen LogP contribution in [0.2, 0.25) is 0 Å². The molecule has 0 radical (unpaired) electrons. The molecule has 5 rings (SSSR count). The molecule has 0 bridgehead atoms. The van der Waals surface area contributed by atoms with Crippen molar-refractivity contribution in [2.75, 3.05) is 19.5 Å². The van der Waals surface area contributed by atoms with E-state index in [-0.39, 0.29) is 24.6 Å². The van der Waals surface area contributed by atoms with Gasteiger partial charge in [0.2, 0.25) is 0 Å². The molecule has 2 atom stereocenters. The zero-order valence-electron chi connectivity index (χ0n) is 19.8. The highest BCUT2D eigenvalue weighted by Gasteiger charge is 2.37. The van der Waals surface area contributed by atoms with Gasteiger partial charge in [-0.3, -0.25) is 9.78 Å². The van der Waals surface area contributed by atoms with Crippen molar-refractivity contribution in [2.24, 2.45) is 0 Å². The summed E-state index contributed by atoms with van der Waals surface area (Å²) in [6, 6.07) is 10.1. The SMILES string of the molecule is COC[C@@H](C)N(C(=O)c1ccc2nc(N)c3ccncc3c2c1)[C@@H]1CCc2cc(C(F)(F)F)ccc21. The van der Waals surface area contributed by atoms with Gasteiger partial charge in [0, 0.05) is 41.2 Å². The number of ether oxygens (including phenoxy) is 1. The van der Waals surface area contributed by atoms with Crippen molar-refractivity contribution >= 4 is 33.4 Å². The van der Waals surface area contributed by atoms with Crippen molar-refractivity contribution in [1.82, 2.24) is 14.9 Å². The van der Waals surface area contributed by atoms with Crippen molar-refractivity contribution < 1.29 is 22.7 Å². The molecule has 186 valence electrons. The average molecular weight is 495 g/mol. The minimum Gasteiger partial charge on any atom is -0.383 e. The molecule has 0 saturated carbocycles. The first-order valence-electron chi connectivity index (χ1n) is 11.6. The molecule has 1 amide bonds. The summed E-state index contributed by atoms with van der Waals surface area (Å²) >= 11 is 0. The molecule has 0 fully saturated rings. The Labute approximate surface area is 205 Å². The molecular weight excluding hydrogens is 469 g/mol. The molecule has 4 aromatic rings. The van der Waals surface area contributed by atoms with Gasteiger partial charge >= 0.3 is 6.18 Å². The standard InChI is InChI=1S/C27H25F3N4O2/c1-15(14-36-2)34(24-8-4-16-11-18(27(28,29)30)5-6-19(16)24)26(35)17-3-7-23-21(12-17)22-13-32-10-9-20(22)25(31)33-23/h3,5-7,9-13,15,24H,4,8,14H2,1-2H3,(H2,31,33)/t15-,24-/m1/s1. The van der Waals surface area contributed by atoms with Gasteiger partial charge in [0.05, 0.1) is 29.8 Å². The summed E-state index contributed by atoms with van der Waals surface area (Å²) in [7, 11) is 1.56. The molecule has 2 N–H and O–H groups in total. The number of nitrogen functional groups attached to an aromatic ring is 1. The van der Waals surface area contributed by atoms with Gasteiger partial charge in [0.1, 0.15) is 5.82 Å². The number of pyridine rings is 2. The summed E-state index contributed by atoms with van der Waals surface area (Å²) in [5.41, 5.74) is 7.88. The molecule has 2 aromatic carbocycles. The summed E-state index contributed by atoms with van der Waals surface area (Å²) in [5.74, 6) is 0.156. The Kier molecular flexibility index (Phi) is 6.04. The van der Waals surface area contributed by atoms with Crippen LogP contribution < -0.4 is 5.73 Å². The number of anilines is 1. The van der Waals surface area contributed by atoms with Crippen LogP contribution in [0.25, 0.3) is 21.7 Å². The third kappa shape index (κ3) is 4.13. The quantitative estimate of drug-likeness (QED) is 0.368. The Morgan fingerprint density at radius 3 is 2.72 bits per heavy atom. The van der Waals surface area contributed by atoms with E-state index in [0.29, 0.717) is 35.3 Å². The van der Waals surface area contributed by atoms with Gasteiger partial charge in [-0.05, 0) is 67.3 Å². The lowest BCUT2D eigenvalue weighted by atomic mass is 10.0. The number of rotatable bonds is 5. The maximum Gasteiger partial charge on any atom is 0.416 e. The van der Waals surface area contributed by atoms with E-state index in [9.17, 15) is 18.0 Å². The summed E-state index contributed by atoms with van der Waals surface area (Å²) in [6.07, 6.45) is -0.0798.